The topological polar surface area (TPSA) is 46.6 Å². The van der Waals surface area contributed by atoms with Crippen molar-refractivity contribution in [2.45, 2.75) is 6.92 Å². The van der Waals surface area contributed by atoms with Crippen LogP contribution in [-0.4, -0.2) is 18.3 Å². The first-order valence-corrected chi connectivity index (χ1v) is 4.65. The number of methoxy groups -OCH3 is 1. The highest BCUT2D eigenvalue weighted by Gasteiger charge is 2.05. The van der Waals surface area contributed by atoms with Gasteiger partial charge in [0, 0.05) is 23.3 Å². The average molecular weight is 204 g/mol. The van der Waals surface area contributed by atoms with E-state index in [2.05, 4.69) is 10.1 Å². The van der Waals surface area contributed by atoms with E-state index >= 15 is 0 Å². The predicted molar refractivity (Wildman–Crippen MR) is 59.6 cm³/mol. The smallest absolute Gasteiger partial charge is 0.183 e. The van der Waals surface area contributed by atoms with Crippen molar-refractivity contribution >= 4 is 17.1 Å². The van der Waals surface area contributed by atoms with Gasteiger partial charge in [-0.05, 0) is 25.1 Å². The van der Waals surface area contributed by atoms with Gasteiger partial charge in [0.15, 0.2) is 5.75 Å². The fourth-order valence-electron chi connectivity index (χ4n) is 1.39. The zero-order valence-electron chi connectivity index (χ0n) is 8.65. The number of ether oxygens (including phenoxy) is 1. The standard InChI is InChI=1S/C11H12N2O2/c1-3-13-15-11-7-12-10-5-4-8(14-2)6-9(10)11/h3-7,12H,1-2H3/b13-3+. The molecule has 0 bridgehead atoms. The quantitative estimate of drug-likeness (QED) is 0.617. The number of oxime groups is 1. The molecule has 0 atom stereocenters. The van der Waals surface area contributed by atoms with Gasteiger partial charge in [-0.25, -0.2) is 0 Å². The van der Waals surface area contributed by atoms with Gasteiger partial charge in [-0.3, -0.25) is 0 Å². The Bertz CT molecular complexity index is 488. The summed E-state index contributed by atoms with van der Waals surface area (Å²) in [6.07, 6.45) is 3.37. The molecule has 1 N–H and O–H groups in total. The molecule has 0 saturated heterocycles. The largest absolute Gasteiger partial charge is 0.497 e. The summed E-state index contributed by atoms with van der Waals surface area (Å²) in [4.78, 5) is 8.28. The zero-order valence-corrected chi connectivity index (χ0v) is 8.65. The fourth-order valence-corrected chi connectivity index (χ4v) is 1.39. The van der Waals surface area contributed by atoms with Gasteiger partial charge in [-0.15, -0.1) is 0 Å². The van der Waals surface area contributed by atoms with Crippen LogP contribution in [0.4, 0.5) is 0 Å². The molecule has 78 valence electrons. The molecule has 1 heterocycles. The van der Waals surface area contributed by atoms with Crippen LogP contribution in [-0.2, 0) is 0 Å². The van der Waals surface area contributed by atoms with E-state index in [1.54, 1.807) is 26.4 Å². The first-order valence-electron chi connectivity index (χ1n) is 4.65. The van der Waals surface area contributed by atoms with Crippen molar-refractivity contribution < 1.29 is 9.57 Å². The molecular formula is C11H12N2O2. The highest BCUT2D eigenvalue weighted by Crippen LogP contribution is 2.28. The van der Waals surface area contributed by atoms with E-state index in [9.17, 15) is 0 Å². The summed E-state index contributed by atoms with van der Waals surface area (Å²) in [7, 11) is 1.64. The molecular weight excluding hydrogens is 192 g/mol. The Morgan fingerprint density at radius 3 is 3.00 bits per heavy atom. The van der Waals surface area contributed by atoms with E-state index in [0.717, 1.165) is 16.7 Å². The van der Waals surface area contributed by atoms with E-state index in [-0.39, 0.29) is 0 Å². The summed E-state index contributed by atoms with van der Waals surface area (Å²) >= 11 is 0. The third-order valence-electron chi connectivity index (χ3n) is 2.11. The lowest BCUT2D eigenvalue weighted by Crippen LogP contribution is -1.83. The van der Waals surface area contributed by atoms with Crippen molar-refractivity contribution in [3.05, 3.63) is 24.4 Å². The maximum Gasteiger partial charge on any atom is 0.183 e. The fraction of sp³-hybridized carbons (Fsp3) is 0.182. The highest BCUT2D eigenvalue weighted by atomic mass is 16.6. The molecule has 0 aliphatic heterocycles. The lowest BCUT2D eigenvalue weighted by Gasteiger charge is -1.99. The van der Waals surface area contributed by atoms with Gasteiger partial charge < -0.3 is 14.6 Å². The molecule has 0 aliphatic carbocycles. The minimum Gasteiger partial charge on any atom is -0.497 e. The monoisotopic (exact) mass is 204 g/mol. The van der Waals surface area contributed by atoms with Crippen LogP contribution in [0.2, 0.25) is 0 Å². The molecule has 0 aliphatic rings. The van der Waals surface area contributed by atoms with Crippen molar-refractivity contribution in [1.29, 1.82) is 0 Å². The summed E-state index contributed by atoms with van der Waals surface area (Å²) < 4.78 is 5.14. The van der Waals surface area contributed by atoms with Crippen molar-refractivity contribution in [2.24, 2.45) is 5.16 Å². The Labute approximate surface area is 87.5 Å². The second kappa shape index (κ2) is 4.04. The Hall–Kier alpha value is -1.97. The van der Waals surface area contributed by atoms with Crippen LogP contribution < -0.4 is 9.57 Å². The van der Waals surface area contributed by atoms with Gasteiger partial charge in [0.1, 0.15) is 5.75 Å². The summed E-state index contributed by atoms with van der Waals surface area (Å²) in [5.41, 5.74) is 0.997. The predicted octanol–water partition coefficient (Wildman–Crippen LogP) is 2.56. The van der Waals surface area contributed by atoms with E-state index in [4.69, 9.17) is 9.57 Å². The zero-order chi connectivity index (χ0) is 10.7. The molecule has 2 rings (SSSR count). The molecule has 4 heteroatoms. The SMILES string of the molecule is C/C=N/Oc1c[nH]c2ccc(OC)cc12. The average Bonchev–Trinajstić information content (AvgIpc) is 2.68. The summed E-state index contributed by atoms with van der Waals surface area (Å²) in [6, 6.07) is 5.74. The van der Waals surface area contributed by atoms with Crippen LogP contribution in [0.3, 0.4) is 0 Å². The second-order valence-corrected chi connectivity index (χ2v) is 3.02. The number of rotatable bonds is 3. The van der Waals surface area contributed by atoms with Gasteiger partial charge in [-0.1, -0.05) is 5.16 Å². The van der Waals surface area contributed by atoms with E-state index < -0.39 is 0 Å². The van der Waals surface area contributed by atoms with E-state index in [1.165, 1.54) is 0 Å². The number of fused-ring (bicyclic) bond motifs is 1. The number of nitrogens with zero attached hydrogens (tertiary/aromatic N) is 1. The van der Waals surface area contributed by atoms with Gasteiger partial charge in [-0.2, -0.15) is 0 Å². The first-order chi connectivity index (χ1) is 7.35. The molecule has 0 radical (unpaired) electrons. The Morgan fingerprint density at radius 1 is 1.40 bits per heavy atom. The molecule has 0 spiro atoms. The number of aromatic amines is 1. The van der Waals surface area contributed by atoms with Crippen molar-refractivity contribution in [3.63, 3.8) is 0 Å². The number of benzene rings is 1. The minimum absolute atomic E-state index is 0.696. The maximum absolute atomic E-state index is 5.19. The Morgan fingerprint density at radius 2 is 2.27 bits per heavy atom. The lowest BCUT2D eigenvalue weighted by atomic mass is 10.2. The number of aromatic nitrogens is 1. The number of nitrogens with one attached hydrogen (secondary N) is 1. The number of hydrogen-bond acceptors (Lipinski definition) is 3. The number of hydrogen-bond donors (Lipinski definition) is 1. The maximum atomic E-state index is 5.19. The molecule has 4 nitrogen and oxygen atoms in total. The molecule has 0 fully saturated rings. The van der Waals surface area contributed by atoms with Crippen LogP contribution in [0.25, 0.3) is 10.9 Å². The normalized spacial score (nSPS) is 11.1. The van der Waals surface area contributed by atoms with Crippen LogP contribution in [0.5, 0.6) is 11.5 Å². The third kappa shape index (κ3) is 1.79. The summed E-state index contributed by atoms with van der Waals surface area (Å²) in [5.74, 6) is 1.49. The Balaban J connectivity index is 2.46. The molecule has 2 aromatic rings. The van der Waals surface area contributed by atoms with Crippen LogP contribution >= 0.6 is 0 Å². The van der Waals surface area contributed by atoms with Gasteiger partial charge >= 0.3 is 0 Å². The van der Waals surface area contributed by atoms with E-state index in [0.29, 0.717) is 5.75 Å². The molecule has 0 unspecified atom stereocenters. The van der Waals surface area contributed by atoms with Gasteiger partial charge in [0.2, 0.25) is 0 Å². The minimum atomic E-state index is 0.696. The molecule has 0 amide bonds. The van der Waals surface area contributed by atoms with Crippen LogP contribution in [0, 0.1) is 0 Å². The second-order valence-electron chi connectivity index (χ2n) is 3.02. The summed E-state index contributed by atoms with van der Waals surface area (Å²) in [5, 5.41) is 4.69. The summed E-state index contributed by atoms with van der Waals surface area (Å²) in [6.45, 7) is 1.80. The van der Waals surface area contributed by atoms with Crippen LogP contribution in [0.15, 0.2) is 29.6 Å². The molecule has 1 aromatic carbocycles. The van der Waals surface area contributed by atoms with Crippen molar-refractivity contribution in [1.82, 2.24) is 4.98 Å². The first kappa shape index (κ1) is 9.58. The van der Waals surface area contributed by atoms with E-state index in [1.807, 2.05) is 18.2 Å². The Kier molecular flexibility index (Phi) is 2.58. The third-order valence-corrected chi connectivity index (χ3v) is 2.11. The van der Waals surface area contributed by atoms with Gasteiger partial charge in [0.05, 0.1) is 7.11 Å². The molecule has 15 heavy (non-hydrogen) atoms. The molecule has 1 aromatic heterocycles. The van der Waals surface area contributed by atoms with Crippen molar-refractivity contribution in [3.8, 4) is 11.5 Å². The van der Waals surface area contributed by atoms with Crippen molar-refractivity contribution in [2.75, 3.05) is 7.11 Å². The highest BCUT2D eigenvalue weighted by molar-refractivity contribution is 5.87. The number of H-pyrrole nitrogens is 1. The van der Waals surface area contributed by atoms with Gasteiger partial charge in [0.25, 0.3) is 0 Å². The molecule has 0 saturated carbocycles. The van der Waals surface area contributed by atoms with Crippen LogP contribution in [0.1, 0.15) is 6.92 Å². The lowest BCUT2D eigenvalue weighted by molar-refractivity contribution is 0.347.